The van der Waals surface area contributed by atoms with Gasteiger partial charge in [-0.15, -0.1) is 0 Å². The van der Waals surface area contributed by atoms with E-state index < -0.39 is 0 Å². The average Bonchev–Trinajstić information content (AvgIpc) is 3.24. The van der Waals surface area contributed by atoms with Crippen LogP contribution in [0, 0.1) is 19.8 Å². The van der Waals surface area contributed by atoms with Crippen molar-refractivity contribution in [1.82, 2.24) is 4.57 Å². The average molecular weight is 318 g/mol. The zero-order valence-electron chi connectivity index (χ0n) is 13.4. The number of hydrogen-bond donors (Lipinski definition) is 0. The molecule has 0 radical (unpaired) electrons. The zero-order chi connectivity index (χ0) is 15.7. The van der Waals surface area contributed by atoms with Crippen LogP contribution in [0.25, 0.3) is 10.2 Å². The molecule has 1 saturated carbocycles. The monoisotopic (exact) mass is 318 g/mol. The van der Waals surface area contributed by atoms with Crippen molar-refractivity contribution in [2.75, 3.05) is 13.2 Å². The highest BCUT2D eigenvalue weighted by molar-refractivity contribution is 7.16. The number of thiazole rings is 1. The number of benzene rings is 1. The number of ether oxygens (including phenoxy) is 1. The minimum atomic E-state index is 0.0334. The quantitative estimate of drug-likeness (QED) is 0.795. The Kier molecular flexibility index (Phi) is 4.45. The van der Waals surface area contributed by atoms with E-state index in [1.54, 1.807) is 11.3 Å². The van der Waals surface area contributed by atoms with Crippen LogP contribution < -0.4 is 4.80 Å². The molecule has 4 nitrogen and oxygen atoms in total. The summed E-state index contributed by atoms with van der Waals surface area (Å²) in [6.45, 7) is 8.28. The van der Waals surface area contributed by atoms with Gasteiger partial charge in [0.05, 0.1) is 16.8 Å². The van der Waals surface area contributed by atoms with E-state index in [0.29, 0.717) is 13.2 Å². The molecule has 0 aliphatic heterocycles. The molecule has 22 heavy (non-hydrogen) atoms. The number of amides is 1. The first-order valence-electron chi connectivity index (χ1n) is 7.87. The summed E-state index contributed by atoms with van der Waals surface area (Å²) in [6.07, 6.45) is 1.98. The third-order valence-corrected chi connectivity index (χ3v) is 4.93. The molecule has 1 aliphatic carbocycles. The van der Waals surface area contributed by atoms with E-state index in [2.05, 4.69) is 35.5 Å². The van der Waals surface area contributed by atoms with Crippen molar-refractivity contribution in [3.8, 4) is 0 Å². The molecule has 1 fully saturated rings. The Morgan fingerprint density at radius 1 is 1.41 bits per heavy atom. The van der Waals surface area contributed by atoms with E-state index in [-0.39, 0.29) is 11.8 Å². The van der Waals surface area contributed by atoms with Gasteiger partial charge < -0.3 is 9.30 Å². The van der Waals surface area contributed by atoms with Crippen molar-refractivity contribution in [3.63, 3.8) is 0 Å². The molecule has 2 aromatic rings. The van der Waals surface area contributed by atoms with Crippen LogP contribution in [0.4, 0.5) is 0 Å². The number of aryl methyl sites for hydroxylation is 2. The molecule has 1 amide bonds. The van der Waals surface area contributed by atoms with Crippen LogP contribution in [0.5, 0.6) is 0 Å². The molecule has 1 aromatic carbocycles. The van der Waals surface area contributed by atoms with Gasteiger partial charge in [-0.25, -0.2) is 0 Å². The molecular formula is C17H22N2O2S. The Morgan fingerprint density at radius 2 is 2.18 bits per heavy atom. The Morgan fingerprint density at radius 3 is 2.86 bits per heavy atom. The van der Waals surface area contributed by atoms with E-state index in [0.717, 1.165) is 24.2 Å². The third-order valence-electron chi connectivity index (χ3n) is 3.91. The first-order valence-corrected chi connectivity index (χ1v) is 8.68. The summed E-state index contributed by atoms with van der Waals surface area (Å²) >= 11 is 1.60. The first kappa shape index (κ1) is 15.4. The molecule has 118 valence electrons. The van der Waals surface area contributed by atoms with Gasteiger partial charge in [-0.3, -0.25) is 4.79 Å². The van der Waals surface area contributed by atoms with Crippen LogP contribution in [-0.2, 0) is 16.1 Å². The molecule has 0 bridgehead atoms. The van der Waals surface area contributed by atoms with Crippen LogP contribution in [0.15, 0.2) is 17.1 Å². The standard InChI is InChI=1S/C17H22N2O2S/c1-4-21-8-7-19-15-12(3)9-11(2)10-14(15)22-17(19)18-16(20)13-5-6-13/h9-10,13H,4-8H2,1-3H3. The topological polar surface area (TPSA) is 43.6 Å². The molecule has 0 N–H and O–H groups in total. The molecule has 0 atom stereocenters. The molecule has 5 heteroatoms. The van der Waals surface area contributed by atoms with E-state index in [4.69, 9.17) is 4.74 Å². The molecule has 1 aliphatic rings. The van der Waals surface area contributed by atoms with Crippen molar-refractivity contribution < 1.29 is 9.53 Å². The van der Waals surface area contributed by atoms with Crippen molar-refractivity contribution >= 4 is 27.5 Å². The third kappa shape index (κ3) is 3.15. The summed E-state index contributed by atoms with van der Waals surface area (Å²) in [4.78, 5) is 17.3. The van der Waals surface area contributed by atoms with E-state index in [1.165, 1.54) is 21.3 Å². The van der Waals surface area contributed by atoms with Gasteiger partial charge in [-0.1, -0.05) is 17.4 Å². The van der Waals surface area contributed by atoms with Gasteiger partial charge in [0.2, 0.25) is 0 Å². The molecule has 3 rings (SSSR count). The normalized spacial score (nSPS) is 15.7. The lowest BCUT2D eigenvalue weighted by atomic mass is 10.1. The van der Waals surface area contributed by atoms with Crippen molar-refractivity contribution in [2.45, 2.75) is 40.2 Å². The SMILES string of the molecule is CCOCCn1c(=NC(=O)C2CC2)sc2cc(C)cc(C)c21. The summed E-state index contributed by atoms with van der Waals surface area (Å²) < 4.78 is 8.83. The fraction of sp³-hybridized carbons (Fsp3) is 0.529. The van der Waals surface area contributed by atoms with Crippen LogP contribution in [0.3, 0.4) is 0 Å². The Bertz CT molecular complexity index is 769. The van der Waals surface area contributed by atoms with Gasteiger partial charge in [-0.05, 0) is 50.8 Å². The van der Waals surface area contributed by atoms with Crippen LogP contribution in [0.1, 0.15) is 30.9 Å². The number of aromatic nitrogens is 1. The second-order valence-corrected chi connectivity index (χ2v) is 6.90. The summed E-state index contributed by atoms with van der Waals surface area (Å²) in [5.41, 5.74) is 3.64. The summed E-state index contributed by atoms with van der Waals surface area (Å²) in [6, 6.07) is 4.35. The highest BCUT2D eigenvalue weighted by atomic mass is 32.1. The summed E-state index contributed by atoms with van der Waals surface area (Å²) in [5.74, 6) is 0.194. The van der Waals surface area contributed by atoms with Crippen LogP contribution in [0.2, 0.25) is 0 Å². The summed E-state index contributed by atoms with van der Waals surface area (Å²) in [5, 5.41) is 0. The number of carbonyl (C=O) groups is 1. The number of carbonyl (C=O) groups excluding carboxylic acids is 1. The Balaban J connectivity index is 2.10. The predicted octanol–water partition coefficient (Wildman–Crippen LogP) is 3.19. The minimum absolute atomic E-state index is 0.0334. The highest BCUT2D eigenvalue weighted by Gasteiger charge is 2.29. The summed E-state index contributed by atoms with van der Waals surface area (Å²) in [7, 11) is 0. The maximum absolute atomic E-state index is 12.1. The van der Waals surface area contributed by atoms with Gasteiger partial charge in [0.15, 0.2) is 4.80 Å². The number of fused-ring (bicyclic) bond motifs is 1. The Hall–Kier alpha value is -1.46. The van der Waals surface area contributed by atoms with Gasteiger partial charge in [0.1, 0.15) is 0 Å². The van der Waals surface area contributed by atoms with E-state index in [9.17, 15) is 4.79 Å². The van der Waals surface area contributed by atoms with Crippen molar-refractivity contribution in [2.24, 2.45) is 10.9 Å². The molecule has 0 saturated heterocycles. The molecule has 0 unspecified atom stereocenters. The zero-order valence-corrected chi connectivity index (χ0v) is 14.2. The fourth-order valence-electron chi connectivity index (χ4n) is 2.70. The number of nitrogens with zero attached hydrogens (tertiary/aromatic N) is 2. The lowest BCUT2D eigenvalue weighted by Gasteiger charge is -2.08. The minimum Gasteiger partial charge on any atom is -0.380 e. The second kappa shape index (κ2) is 6.34. The van der Waals surface area contributed by atoms with Crippen LogP contribution in [-0.4, -0.2) is 23.7 Å². The predicted molar refractivity (Wildman–Crippen MR) is 89.1 cm³/mol. The molecule has 1 aromatic heterocycles. The van der Waals surface area contributed by atoms with Gasteiger partial charge in [0.25, 0.3) is 5.91 Å². The van der Waals surface area contributed by atoms with Gasteiger partial charge >= 0.3 is 0 Å². The van der Waals surface area contributed by atoms with Gasteiger partial charge in [0, 0.05) is 19.1 Å². The van der Waals surface area contributed by atoms with E-state index in [1.807, 2.05) is 6.92 Å². The second-order valence-electron chi connectivity index (χ2n) is 5.89. The fourth-order valence-corrected chi connectivity index (χ4v) is 3.94. The van der Waals surface area contributed by atoms with E-state index >= 15 is 0 Å². The maximum atomic E-state index is 12.1. The molecule has 0 spiro atoms. The largest absolute Gasteiger partial charge is 0.380 e. The Labute approximate surface area is 134 Å². The lowest BCUT2D eigenvalue weighted by molar-refractivity contribution is -0.119. The highest BCUT2D eigenvalue weighted by Crippen LogP contribution is 2.30. The van der Waals surface area contributed by atoms with Crippen molar-refractivity contribution in [3.05, 3.63) is 28.1 Å². The van der Waals surface area contributed by atoms with Crippen LogP contribution >= 0.6 is 11.3 Å². The smallest absolute Gasteiger partial charge is 0.251 e. The lowest BCUT2D eigenvalue weighted by Crippen LogP contribution is -2.20. The first-order chi connectivity index (χ1) is 10.6. The molecule has 1 heterocycles. The number of rotatable bonds is 5. The van der Waals surface area contributed by atoms with Gasteiger partial charge in [-0.2, -0.15) is 4.99 Å². The maximum Gasteiger partial charge on any atom is 0.251 e. The molecular weight excluding hydrogens is 296 g/mol. The van der Waals surface area contributed by atoms with Crippen molar-refractivity contribution in [1.29, 1.82) is 0 Å². The number of hydrogen-bond acceptors (Lipinski definition) is 3.